The Kier molecular flexibility index (Phi) is 6.02. The molecule has 8 rings (SSSR count). The van der Waals surface area contributed by atoms with Crippen molar-refractivity contribution in [2.75, 3.05) is 13.1 Å². The summed E-state index contributed by atoms with van der Waals surface area (Å²) in [5.41, 5.74) is 7.53. The third-order valence-corrected chi connectivity index (χ3v) is 8.80. The van der Waals surface area contributed by atoms with Gasteiger partial charge in [-0.15, -0.1) is 0 Å². The summed E-state index contributed by atoms with van der Waals surface area (Å²) < 4.78 is 0. The molecule has 0 aliphatic carbocycles. The zero-order chi connectivity index (χ0) is 27.4. The molecule has 4 aromatic rings. The van der Waals surface area contributed by atoms with Gasteiger partial charge in [-0.2, -0.15) is 0 Å². The van der Waals surface area contributed by atoms with E-state index in [1.54, 1.807) is 0 Å². The molecule has 0 radical (unpaired) electrons. The number of nitrogens with zero attached hydrogens (tertiary/aromatic N) is 2. The molecule has 6 nitrogen and oxygen atoms in total. The van der Waals surface area contributed by atoms with E-state index < -0.39 is 12.2 Å². The molecule has 4 aromatic carbocycles. The van der Waals surface area contributed by atoms with Gasteiger partial charge in [0.1, 0.15) is 12.2 Å². The van der Waals surface area contributed by atoms with Gasteiger partial charge in [-0.1, -0.05) is 84.9 Å². The Balaban J connectivity index is 0.000000132. The summed E-state index contributed by atoms with van der Waals surface area (Å²) in [4.78, 5) is 28.6. The van der Waals surface area contributed by atoms with Crippen molar-refractivity contribution in [1.82, 2.24) is 9.80 Å². The summed E-state index contributed by atoms with van der Waals surface area (Å²) in [6, 6.07) is 30.6. The molecule has 0 aromatic heterocycles. The van der Waals surface area contributed by atoms with Crippen molar-refractivity contribution in [1.29, 1.82) is 0 Å². The molecule has 0 saturated heterocycles. The van der Waals surface area contributed by atoms with Crippen molar-refractivity contribution in [3.8, 4) is 0 Å². The van der Waals surface area contributed by atoms with Crippen LogP contribution in [0.2, 0.25) is 0 Å². The summed E-state index contributed by atoms with van der Waals surface area (Å²) in [5.74, 6) is 0.0786. The number of hydrogen-bond acceptors (Lipinski definition) is 4. The maximum atomic E-state index is 12.5. The average Bonchev–Trinajstić information content (AvgIpc) is 3.31. The number of fused-ring (bicyclic) bond motifs is 8. The second-order valence-electron chi connectivity index (χ2n) is 10.8. The van der Waals surface area contributed by atoms with Crippen molar-refractivity contribution in [3.05, 3.63) is 142 Å². The van der Waals surface area contributed by atoms with Gasteiger partial charge >= 0.3 is 0 Å². The fourth-order valence-corrected chi connectivity index (χ4v) is 6.88. The van der Waals surface area contributed by atoms with Crippen LogP contribution in [0.5, 0.6) is 0 Å². The first-order valence-electron chi connectivity index (χ1n) is 13.9. The number of amides is 2. The smallest absolute Gasteiger partial charge is 0.254 e. The Bertz CT molecular complexity index is 1510. The highest BCUT2D eigenvalue weighted by molar-refractivity contribution is 6.00. The average molecular weight is 531 g/mol. The molecule has 2 amide bonds. The quantitative estimate of drug-likeness (QED) is 0.337. The Hall–Kier alpha value is -4.26. The topological polar surface area (TPSA) is 81.1 Å². The summed E-state index contributed by atoms with van der Waals surface area (Å²) in [7, 11) is 0. The first kappa shape index (κ1) is 24.8. The van der Waals surface area contributed by atoms with Crippen LogP contribution in [0.3, 0.4) is 0 Å². The molecule has 4 aliphatic rings. The fourth-order valence-electron chi connectivity index (χ4n) is 6.88. The maximum absolute atomic E-state index is 12.5. The molecule has 4 aliphatic heterocycles. The van der Waals surface area contributed by atoms with Gasteiger partial charge in [-0.3, -0.25) is 9.59 Å². The number of carbonyl (C=O) groups excluding carboxylic acids is 2. The van der Waals surface area contributed by atoms with Crippen molar-refractivity contribution in [2.45, 2.75) is 37.1 Å². The predicted octanol–water partition coefficient (Wildman–Crippen LogP) is 4.95. The molecule has 6 heteroatoms. The monoisotopic (exact) mass is 530 g/mol. The largest absolute Gasteiger partial charge is 0.386 e. The molecule has 0 unspecified atom stereocenters. The zero-order valence-corrected chi connectivity index (χ0v) is 22.0. The van der Waals surface area contributed by atoms with Crippen LogP contribution in [0, 0.1) is 0 Å². The molecular weight excluding hydrogens is 500 g/mol. The number of benzene rings is 4. The fraction of sp³-hybridized carbons (Fsp3) is 0.235. The second-order valence-corrected chi connectivity index (χ2v) is 10.8. The number of hydrogen-bond donors (Lipinski definition) is 2. The van der Waals surface area contributed by atoms with E-state index in [-0.39, 0.29) is 23.9 Å². The lowest BCUT2D eigenvalue weighted by Crippen LogP contribution is -2.31. The van der Waals surface area contributed by atoms with E-state index in [4.69, 9.17) is 0 Å². The van der Waals surface area contributed by atoms with Crippen LogP contribution >= 0.6 is 0 Å². The summed E-state index contributed by atoms with van der Waals surface area (Å²) in [6.07, 6.45) is 0.287. The van der Waals surface area contributed by atoms with E-state index in [1.165, 1.54) is 0 Å². The minimum atomic E-state index is -0.652. The van der Waals surface area contributed by atoms with Crippen molar-refractivity contribution in [3.63, 3.8) is 0 Å². The van der Waals surface area contributed by atoms with E-state index in [9.17, 15) is 19.8 Å². The standard InChI is InChI=1S/2C17H15NO2/c2*19-16-12-6-2-1-5-11(12)9-10-18-15(16)13-7-3-4-8-14(13)17(18)20/h2*1-8,15-16,19H,9-10H2/t2*15-,16+/m10/s1. The van der Waals surface area contributed by atoms with Crippen molar-refractivity contribution < 1.29 is 19.8 Å². The van der Waals surface area contributed by atoms with Crippen LogP contribution in [-0.4, -0.2) is 44.9 Å². The molecule has 0 fully saturated rings. The molecule has 0 spiro atoms. The lowest BCUT2D eigenvalue weighted by Gasteiger charge is -2.26. The van der Waals surface area contributed by atoms with E-state index in [0.29, 0.717) is 13.1 Å². The van der Waals surface area contributed by atoms with Gasteiger partial charge in [-0.25, -0.2) is 0 Å². The third-order valence-electron chi connectivity index (χ3n) is 8.80. The van der Waals surface area contributed by atoms with Gasteiger partial charge in [0.2, 0.25) is 0 Å². The maximum Gasteiger partial charge on any atom is 0.254 e. The van der Waals surface area contributed by atoms with Crippen LogP contribution < -0.4 is 0 Å². The molecule has 4 heterocycles. The minimum Gasteiger partial charge on any atom is -0.386 e. The van der Waals surface area contributed by atoms with E-state index >= 15 is 0 Å². The highest BCUT2D eigenvalue weighted by Gasteiger charge is 2.44. The highest BCUT2D eigenvalue weighted by atomic mass is 16.3. The van der Waals surface area contributed by atoms with Gasteiger partial charge < -0.3 is 20.0 Å². The highest BCUT2D eigenvalue weighted by Crippen LogP contribution is 2.45. The molecule has 4 atom stereocenters. The predicted molar refractivity (Wildman–Crippen MR) is 151 cm³/mol. The molecule has 0 saturated carbocycles. The van der Waals surface area contributed by atoms with Crippen LogP contribution in [0.1, 0.15) is 78.4 Å². The zero-order valence-electron chi connectivity index (χ0n) is 22.0. The van der Waals surface area contributed by atoms with Gasteiger partial charge in [0.15, 0.2) is 0 Å². The van der Waals surface area contributed by atoms with Crippen LogP contribution in [0.4, 0.5) is 0 Å². The van der Waals surface area contributed by atoms with Gasteiger partial charge in [0.05, 0.1) is 12.1 Å². The Morgan fingerprint density at radius 2 is 0.850 bits per heavy atom. The summed E-state index contributed by atoms with van der Waals surface area (Å²) in [6.45, 7) is 1.32. The van der Waals surface area contributed by atoms with E-state index in [2.05, 4.69) is 0 Å². The number of aliphatic hydroxyl groups is 2. The SMILES string of the molecule is O=C1c2ccccc2[C@@H]2[C@@H](O)c3ccccc3CCN12.O=C1c2ccccc2[C@H]2[C@H](O)c3ccccc3CCN12. The molecule has 2 N–H and O–H groups in total. The Morgan fingerprint density at radius 3 is 1.27 bits per heavy atom. The van der Waals surface area contributed by atoms with Gasteiger partial charge in [0.25, 0.3) is 11.8 Å². The van der Waals surface area contributed by atoms with Crippen molar-refractivity contribution >= 4 is 11.8 Å². The Labute approximate surface area is 233 Å². The van der Waals surface area contributed by atoms with Gasteiger partial charge in [0, 0.05) is 24.2 Å². The van der Waals surface area contributed by atoms with Crippen LogP contribution in [0.25, 0.3) is 0 Å². The normalized spacial score (nSPS) is 23.9. The number of carbonyl (C=O) groups is 2. The summed E-state index contributed by atoms with van der Waals surface area (Å²) in [5, 5.41) is 21.6. The first-order chi connectivity index (χ1) is 19.5. The molecule has 0 bridgehead atoms. The molecule has 40 heavy (non-hydrogen) atoms. The minimum absolute atomic E-state index is 0.0393. The summed E-state index contributed by atoms with van der Waals surface area (Å²) >= 11 is 0. The number of rotatable bonds is 0. The van der Waals surface area contributed by atoms with Crippen LogP contribution in [-0.2, 0) is 12.8 Å². The third kappa shape index (κ3) is 3.79. The molecule has 200 valence electrons. The Morgan fingerprint density at radius 1 is 0.500 bits per heavy atom. The van der Waals surface area contributed by atoms with Gasteiger partial charge in [-0.05, 0) is 58.4 Å². The van der Waals surface area contributed by atoms with Crippen molar-refractivity contribution in [2.24, 2.45) is 0 Å². The lowest BCUT2D eigenvalue weighted by molar-refractivity contribution is 0.0462. The number of aliphatic hydroxyl groups excluding tert-OH is 2. The van der Waals surface area contributed by atoms with Crippen LogP contribution in [0.15, 0.2) is 97.1 Å². The lowest BCUT2D eigenvalue weighted by atomic mass is 9.93. The second kappa shape index (κ2) is 9.73. The first-order valence-corrected chi connectivity index (χ1v) is 13.9. The van der Waals surface area contributed by atoms with E-state index in [0.717, 1.165) is 57.3 Å². The van der Waals surface area contributed by atoms with E-state index in [1.807, 2.05) is 107 Å². The molecular formula is C34H30N2O4.